The van der Waals surface area contributed by atoms with Gasteiger partial charge in [-0.05, 0) is 29.3 Å². The summed E-state index contributed by atoms with van der Waals surface area (Å²) in [6.07, 6.45) is 0. The molecule has 0 fully saturated rings. The van der Waals surface area contributed by atoms with Gasteiger partial charge in [0, 0.05) is 17.2 Å². The fraction of sp³-hybridized carbons (Fsp3) is 0.200. The molecule has 0 aromatic heterocycles. The van der Waals surface area contributed by atoms with E-state index >= 15 is 0 Å². The van der Waals surface area contributed by atoms with Crippen molar-refractivity contribution in [2.75, 3.05) is 11.1 Å². The first-order valence-electron chi connectivity index (χ1n) is 6.14. The molecule has 1 heterocycles. The van der Waals surface area contributed by atoms with Gasteiger partial charge < -0.3 is 10.4 Å². The molecule has 0 aliphatic carbocycles. The van der Waals surface area contributed by atoms with Gasteiger partial charge in [0.2, 0.25) is 0 Å². The average Bonchev–Trinajstić information content (AvgIpc) is 2.43. The fourth-order valence-corrected chi connectivity index (χ4v) is 3.58. The lowest BCUT2D eigenvalue weighted by Crippen LogP contribution is -2.18. The highest BCUT2D eigenvalue weighted by Crippen LogP contribution is 2.35. The standard InChI is InChI=1S/C15H14ClNOS/c16-13-7-11(5-6-15(13)18)17-14-9-19-8-10-3-1-2-4-12(10)14/h1-7,14,17-18H,8-9H2. The van der Waals surface area contributed by atoms with Gasteiger partial charge in [-0.3, -0.25) is 0 Å². The first-order chi connectivity index (χ1) is 9.24. The number of rotatable bonds is 2. The van der Waals surface area contributed by atoms with Gasteiger partial charge >= 0.3 is 0 Å². The normalized spacial score (nSPS) is 17.8. The molecule has 1 aliphatic rings. The zero-order valence-electron chi connectivity index (χ0n) is 10.3. The maximum absolute atomic E-state index is 9.44. The molecule has 1 aliphatic heterocycles. The van der Waals surface area contributed by atoms with Gasteiger partial charge in [-0.15, -0.1) is 0 Å². The summed E-state index contributed by atoms with van der Waals surface area (Å²) in [6.45, 7) is 0. The molecule has 3 rings (SSSR count). The van der Waals surface area contributed by atoms with Crippen LogP contribution < -0.4 is 5.32 Å². The Balaban J connectivity index is 1.86. The van der Waals surface area contributed by atoms with E-state index in [9.17, 15) is 5.11 Å². The topological polar surface area (TPSA) is 32.3 Å². The smallest absolute Gasteiger partial charge is 0.134 e. The number of anilines is 1. The van der Waals surface area contributed by atoms with Crippen molar-refractivity contribution in [3.05, 3.63) is 58.6 Å². The van der Waals surface area contributed by atoms with E-state index < -0.39 is 0 Å². The third-order valence-electron chi connectivity index (χ3n) is 3.26. The van der Waals surface area contributed by atoms with Gasteiger partial charge in [-0.25, -0.2) is 0 Å². The molecule has 98 valence electrons. The molecule has 2 N–H and O–H groups in total. The van der Waals surface area contributed by atoms with Crippen LogP contribution in [0.1, 0.15) is 17.2 Å². The number of halogens is 1. The van der Waals surface area contributed by atoms with E-state index in [1.807, 2.05) is 17.8 Å². The van der Waals surface area contributed by atoms with Crippen LogP contribution in [0.15, 0.2) is 42.5 Å². The summed E-state index contributed by atoms with van der Waals surface area (Å²) in [5.74, 6) is 2.23. The van der Waals surface area contributed by atoms with Crippen molar-refractivity contribution in [3.63, 3.8) is 0 Å². The number of aromatic hydroxyl groups is 1. The van der Waals surface area contributed by atoms with Gasteiger partial charge in [0.05, 0.1) is 11.1 Å². The van der Waals surface area contributed by atoms with Crippen LogP contribution in [0.4, 0.5) is 5.69 Å². The summed E-state index contributed by atoms with van der Waals surface area (Å²) in [5, 5.41) is 13.3. The second-order valence-electron chi connectivity index (χ2n) is 4.58. The van der Waals surface area contributed by atoms with E-state index in [-0.39, 0.29) is 11.8 Å². The number of thioether (sulfide) groups is 1. The van der Waals surface area contributed by atoms with Crippen LogP contribution in [-0.2, 0) is 5.75 Å². The summed E-state index contributed by atoms with van der Waals surface area (Å²) in [5.41, 5.74) is 3.68. The minimum absolute atomic E-state index is 0.116. The van der Waals surface area contributed by atoms with Crippen molar-refractivity contribution < 1.29 is 5.11 Å². The zero-order chi connectivity index (χ0) is 13.2. The maximum Gasteiger partial charge on any atom is 0.134 e. The molecule has 0 amide bonds. The fourth-order valence-electron chi connectivity index (χ4n) is 2.30. The van der Waals surface area contributed by atoms with Crippen LogP contribution in [0.5, 0.6) is 5.75 Å². The molecule has 2 nitrogen and oxygen atoms in total. The molecular formula is C15H14ClNOS. The van der Waals surface area contributed by atoms with Gasteiger partial charge in [0.15, 0.2) is 0 Å². The molecule has 19 heavy (non-hydrogen) atoms. The molecule has 0 radical (unpaired) electrons. The van der Waals surface area contributed by atoms with Gasteiger partial charge in [-0.2, -0.15) is 11.8 Å². The Hall–Kier alpha value is -1.32. The van der Waals surface area contributed by atoms with E-state index in [2.05, 4.69) is 29.6 Å². The first-order valence-corrected chi connectivity index (χ1v) is 7.68. The highest BCUT2D eigenvalue weighted by atomic mass is 35.5. The monoisotopic (exact) mass is 291 g/mol. The Morgan fingerprint density at radius 2 is 2.05 bits per heavy atom. The summed E-state index contributed by atoms with van der Waals surface area (Å²) >= 11 is 7.86. The van der Waals surface area contributed by atoms with Crippen molar-refractivity contribution in [2.45, 2.75) is 11.8 Å². The number of hydrogen-bond donors (Lipinski definition) is 2. The van der Waals surface area contributed by atoms with E-state index in [1.165, 1.54) is 11.1 Å². The number of fused-ring (bicyclic) bond motifs is 1. The molecule has 4 heteroatoms. The minimum atomic E-state index is 0.116. The highest BCUT2D eigenvalue weighted by Gasteiger charge is 2.19. The van der Waals surface area contributed by atoms with Crippen molar-refractivity contribution in [2.24, 2.45) is 0 Å². The van der Waals surface area contributed by atoms with Crippen LogP contribution >= 0.6 is 23.4 Å². The summed E-state index contributed by atoms with van der Waals surface area (Å²) < 4.78 is 0. The summed E-state index contributed by atoms with van der Waals surface area (Å²) in [6, 6.07) is 14.0. The number of benzene rings is 2. The lowest BCUT2D eigenvalue weighted by molar-refractivity contribution is 0.475. The molecule has 2 aromatic carbocycles. The third kappa shape index (κ3) is 2.67. The first kappa shape index (κ1) is 12.7. The lowest BCUT2D eigenvalue weighted by atomic mass is 10.0. The Bertz CT molecular complexity index is 602. The Morgan fingerprint density at radius 3 is 2.89 bits per heavy atom. The van der Waals surface area contributed by atoms with E-state index in [0.717, 1.165) is 17.2 Å². The molecule has 0 saturated carbocycles. The molecule has 0 saturated heterocycles. The van der Waals surface area contributed by atoms with Crippen molar-refractivity contribution in [3.8, 4) is 5.75 Å². The molecule has 1 unspecified atom stereocenters. The predicted octanol–water partition coefficient (Wildman–Crippen LogP) is 4.45. The van der Waals surface area contributed by atoms with E-state index in [0.29, 0.717) is 5.02 Å². The minimum Gasteiger partial charge on any atom is -0.506 e. The zero-order valence-corrected chi connectivity index (χ0v) is 11.8. The van der Waals surface area contributed by atoms with Crippen LogP contribution in [-0.4, -0.2) is 10.9 Å². The van der Waals surface area contributed by atoms with E-state index in [4.69, 9.17) is 11.6 Å². The Morgan fingerprint density at radius 1 is 1.21 bits per heavy atom. The molecular weight excluding hydrogens is 278 g/mol. The number of nitrogens with one attached hydrogen (secondary N) is 1. The van der Waals surface area contributed by atoms with Crippen molar-refractivity contribution >= 4 is 29.1 Å². The SMILES string of the molecule is Oc1ccc(NC2CSCc3ccccc32)cc1Cl. The highest BCUT2D eigenvalue weighted by molar-refractivity contribution is 7.98. The summed E-state index contributed by atoms with van der Waals surface area (Å²) in [4.78, 5) is 0. The van der Waals surface area contributed by atoms with Crippen LogP contribution in [0.3, 0.4) is 0 Å². The summed E-state index contributed by atoms with van der Waals surface area (Å²) in [7, 11) is 0. The molecule has 0 bridgehead atoms. The van der Waals surface area contributed by atoms with Crippen LogP contribution in [0.25, 0.3) is 0 Å². The Kier molecular flexibility index (Phi) is 3.58. The number of hydrogen-bond acceptors (Lipinski definition) is 3. The quantitative estimate of drug-likeness (QED) is 0.802. The second kappa shape index (κ2) is 5.35. The molecule has 2 aromatic rings. The molecule has 0 spiro atoms. The number of phenols is 1. The van der Waals surface area contributed by atoms with Crippen molar-refractivity contribution in [1.82, 2.24) is 0 Å². The van der Waals surface area contributed by atoms with E-state index in [1.54, 1.807) is 12.1 Å². The maximum atomic E-state index is 9.44. The lowest BCUT2D eigenvalue weighted by Gasteiger charge is -2.27. The van der Waals surface area contributed by atoms with Gasteiger partial charge in [0.25, 0.3) is 0 Å². The van der Waals surface area contributed by atoms with Crippen LogP contribution in [0.2, 0.25) is 5.02 Å². The third-order valence-corrected chi connectivity index (χ3v) is 4.65. The largest absolute Gasteiger partial charge is 0.506 e. The van der Waals surface area contributed by atoms with Crippen molar-refractivity contribution in [1.29, 1.82) is 0 Å². The van der Waals surface area contributed by atoms with Gasteiger partial charge in [0.1, 0.15) is 5.75 Å². The van der Waals surface area contributed by atoms with Crippen LogP contribution in [0, 0.1) is 0 Å². The number of phenolic OH excluding ortho intramolecular Hbond substituents is 1. The molecule has 1 atom stereocenters. The Labute approximate surface area is 121 Å². The van der Waals surface area contributed by atoms with Gasteiger partial charge in [-0.1, -0.05) is 35.9 Å². The second-order valence-corrected chi connectivity index (χ2v) is 6.01. The predicted molar refractivity (Wildman–Crippen MR) is 82.1 cm³/mol. The average molecular weight is 292 g/mol.